The Morgan fingerprint density at radius 3 is 2.75 bits per heavy atom. The number of phenolic OH excluding ortho intramolecular Hbond substituents is 1. The number of aromatic nitrogens is 5. The summed E-state index contributed by atoms with van der Waals surface area (Å²) in [7, 11) is 0. The number of aromatic hydroxyl groups is 1. The highest BCUT2D eigenvalue weighted by atomic mass is 16.5. The summed E-state index contributed by atoms with van der Waals surface area (Å²) in [5.41, 5.74) is 1.79. The zero-order valence-electron chi connectivity index (χ0n) is 13.0. The molecule has 0 aliphatic heterocycles. The molecule has 3 aromatic heterocycles. The van der Waals surface area contributed by atoms with E-state index in [9.17, 15) is 5.11 Å². The van der Waals surface area contributed by atoms with E-state index in [1.165, 1.54) is 0 Å². The molecule has 7 nitrogen and oxygen atoms in total. The minimum absolute atomic E-state index is 0.194. The van der Waals surface area contributed by atoms with Gasteiger partial charge in [0, 0.05) is 18.2 Å². The molecule has 3 heterocycles. The van der Waals surface area contributed by atoms with Crippen molar-refractivity contribution >= 4 is 5.52 Å². The van der Waals surface area contributed by atoms with Crippen molar-refractivity contribution in [2.45, 2.75) is 13.5 Å². The fraction of sp³-hybridized carbons (Fsp3) is 0.118. The summed E-state index contributed by atoms with van der Waals surface area (Å²) in [6.07, 6.45) is 5.16. The monoisotopic (exact) mass is 321 g/mol. The lowest BCUT2D eigenvalue weighted by atomic mass is 10.2. The van der Waals surface area contributed by atoms with Crippen molar-refractivity contribution in [1.82, 2.24) is 24.1 Å². The number of fused-ring (bicyclic) bond motifs is 1. The molecule has 0 fully saturated rings. The molecule has 1 N–H and O–H groups in total. The van der Waals surface area contributed by atoms with Gasteiger partial charge in [-0.2, -0.15) is 0 Å². The predicted molar refractivity (Wildman–Crippen MR) is 88.1 cm³/mol. The molecule has 0 aliphatic carbocycles. The average molecular weight is 321 g/mol. The maximum absolute atomic E-state index is 9.40. The normalized spacial score (nSPS) is 11.0. The number of hydrogen-bond donors (Lipinski definition) is 1. The van der Waals surface area contributed by atoms with Crippen LogP contribution in [0.4, 0.5) is 0 Å². The zero-order chi connectivity index (χ0) is 16.5. The molecule has 0 aliphatic rings. The Hall–Kier alpha value is -3.35. The van der Waals surface area contributed by atoms with Gasteiger partial charge in [0.05, 0.1) is 11.7 Å². The molecule has 0 saturated heterocycles. The highest BCUT2D eigenvalue weighted by Crippen LogP contribution is 2.29. The van der Waals surface area contributed by atoms with Gasteiger partial charge in [-0.05, 0) is 37.3 Å². The van der Waals surface area contributed by atoms with Gasteiger partial charge in [0.1, 0.15) is 24.2 Å². The first-order valence-electron chi connectivity index (χ1n) is 7.56. The molecule has 0 radical (unpaired) electrons. The number of phenols is 1. The van der Waals surface area contributed by atoms with Gasteiger partial charge in [0.2, 0.25) is 5.88 Å². The summed E-state index contributed by atoms with van der Waals surface area (Å²) in [6, 6.07) is 10.5. The van der Waals surface area contributed by atoms with Crippen LogP contribution in [0.3, 0.4) is 0 Å². The molecule has 0 saturated carbocycles. The lowest BCUT2D eigenvalue weighted by Gasteiger charge is -2.11. The van der Waals surface area contributed by atoms with E-state index in [1.807, 2.05) is 28.0 Å². The van der Waals surface area contributed by atoms with Crippen molar-refractivity contribution in [3.05, 3.63) is 55.2 Å². The molecule has 120 valence electrons. The Labute approximate surface area is 137 Å². The minimum atomic E-state index is 0.194. The smallest absolute Gasteiger partial charge is 0.206 e. The van der Waals surface area contributed by atoms with E-state index >= 15 is 0 Å². The van der Waals surface area contributed by atoms with E-state index in [0.717, 1.165) is 23.4 Å². The summed E-state index contributed by atoms with van der Waals surface area (Å²) < 4.78 is 9.79. The highest BCUT2D eigenvalue weighted by Gasteiger charge is 2.12. The lowest BCUT2D eigenvalue weighted by Crippen LogP contribution is -1.99. The predicted octanol–water partition coefficient (Wildman–Crippen LogP) is 3.11. The van der Waals surface area contributed by atoms with Crippen molar-refractivity contribution in [2.24, 2.45) is 0 Å². The minimum Gasteiger partial charge on any atom is -0.508 e. The van der Waals surface area contributed by atoms with Crippen LogP contribution in [-0.2, 0) is 6.54 Å². The molecule has 0 bridgehead atoms. The fourth-order valence-electron chi connectivity index (χ4n) is 2.55. The number of nitrogens with zero attached hydrogens (tertiary/aromatic N) is 5. The third kappa shape index (κ3) is 2.45. The number of imidazole rings is 1. The number of pyridine rings is 1. The number of benzene rings is 1. The first-order valence-corrected chi connectivity index (χ1v) is 7.56. The highest BCUT2D eigenvalue weighted by molar-refractivity contribution is 5.66. The molecule has 24 heavy (non-hydrogen) atoms. The first kappa shape index (κ1) is 14.3. The van der Waals surface area contributed by atoms with Gasteiger partial charge in [-0.25, -0.2) is 4.98 Å². The van der Waals surface area contributed by atoms with E-state index in [0.29, 0.717) is 11.6 Å². The van der Waals surface area contributed by atoms with E-state index in [2.05, 4.69) is 15.2 Å². The van der Waals surface area contributed by atoms with Crippen molar-refractivity contribution in [3.8, 4) is 28.8 Å². The second-order valence-electron chi connectivity index (χ2n) is 5.31. The number of hydrogen-bond acceptors (Lipinski definition) is 5. The van der Waals surface area contributed by atoms with Crippen molar-refractivity contribution < 1.29 is 9.84 Å². The SMILES string of the molecule is CCn1cnnc1-c1cc(Oc2ccc(O)cc2)n2cncc2c1. The van der Waals surface area contributed by atoms with Crippen molar-refractivity contribution in [1.29, 1.82) is 0 Å². The van der Waals surface area contributed by atoms with Crippen LogP contribution in [0.25, 0.3) is 16.9 Å². The largest absolute Gasteiger partial charge is 0.508 e. The maximum atomic E-state index is 9.40. The summed E-state index contributed by atoms with van der Waals surface area (Å²) in [4.78, 5) is 4.18. The van der Waals surface area contributed by atoms with Crippen molar-refractivity contribution in [3.63, 3.8) is 0 Å². The standard InChI is InChI=1S/C17H15N5O2/c1-2-21-11-19-20-17(21)12-7-13-9-18-10-22(13)16(8-12)24-15-5-3-14(23)4-6-15/h3-11,23H,2H2,1H3. The molecule has 0 unspecified atom stereocenters. The molecule has 1 aromatic carbocycles. The number of ether oxygens (including phenoxy) is 1. The topological polar surface area (TPSA) is 77.5 Å². The van der Waals surface area contributed by atoms with Crippen LogP contribution in [0.1, 0.15) is 6.92 Å². The Balaban J connectivity index is 1.82. The van der Waals surface area contributed by atoms with Crippen LogP contribution in [0, 0.1) is 0 Å². The number of aryl methyl sites for hydroxylation is 1. The second-order valence-corrected chi connectivity index (χ2v) is 5.31. The molecule has 0 atom stereocenters. The van der Waals surface area contributed by atoms with Crippen LogP contribution in [0.2, 0.25) is 0 Å². The van der Waals surface area contributed by atoms with Gasteiger partial charge in [0.25, 0.3) is 0 Å². The quantitative estimate of drug-likeness (QED) is 0.625. The lowest BCUT2D eigenvalue weighted by molar-refractivity contribution is 0.449. The number of rotatable bonds is 4. The summed E-state index contributed by atoms with van der Waals surface area (Å²) in [6.45, 7) is 2.82. The van der Waals surface area contributed by atoms with Crippen molar-refractivity contribution in [2.75, 3.05) is 0 Å². The van der Waals surface area contributed by atoms with Gasteiger partial charge in [-0.15, -0.1) is 10.2 Å². The van der Waals surface area contributed by atoms with E-state index in [-0.39, 0.29) is 5.75 Å². The van der Waals surface area contributed by atoms with Gasteiger partial charge >= 0.3 is 0 Å². The molecular weight excluding hydrogens is 306 g/mol. The van der Waals surface area contributed by atoms with Gasteiger partial charge in [-0.3, -0.25) is 4.40 Å². The average Bonchev–Trinajstić information content (AvgIpc) is 3.25. The first-order chi connectivity index (χ1) is 11.7. The van der Waals surface area contributed by atoms with Gasteiger partial charge < -0.3 is 14.4 Å². The van der Waals surface area contributed by atoms with Crippen LogP contribution < -0.4 is 4.74 Å². The molecule has 4 rings (SSSR count). The third-order valence-corrected chi connectivity index (χ3v) is 3.76. The van der Waals surface area contributed by atoms with E-state index in [4.69, 9.17) is 4.74 Å². The van der Waals surface area contributed by atoms with Crippen LogP contribution >= 0.6 is 0 Å². The van der Waals surface area contributed by atoms with Gasteiger partial charge in [0.15, 0.2) is 5.82 Å². The summed E-state index contributed by atoms with van der Waals surface area (Å²) >= 11 is 0. The van der Waals surface area contributed by atoms with Crippen LogP contribution in [-0.4, -0.2) is 29.3 Å². The third-order valence-electron chi connectivity index (χ3n) is 3.76. The maximum Gasteiger partial charge on any atom is 0.206 e. The summed E-state index contributed by atoms with van der Waals surface area (Å²) in [5, 5.41) is 17.6. The Kier molecular flexibility index (Phi) is 3.38. The van der Waals surface area contributed by atoms with Crippen LogP contribution in [0.15, 0.2) is 55.2 Å². The molecule has 0 spiro atoms. The Bertz CT molecular complexity index is 988. The Morgan fingerprint density at radius 1 is 1.12 bits per heavy atom. The van der Waals surface area contributed by atoms with E-state index in [1.54, 1.807) is 43.1 Å². The van der Waals surface area contributed by atoms with E-state index < -0.39 is 0 Å². The Morgan fingerprint density at radius 2 is 1.96 bits per heavy atom. The molecule has 0 amide bonds. The van der Waals surface area contributed by atoms with Crippen LogP contribution in [0.5, 0.6) is 17.4 Å². The zero-order valence-corrected chi connectivity index (χ0v) is 13.0. The van der Waals surface area contributed by atoms with Gasteiger partial charge in [-0.1, -0.05) is 0 Å². The fourth-order valence-corrected chi connectivity index (χ4v) is 2.55. The molecular formula is C17H15N5O2. The molecule has 4 aromatic rings. The summed E-state index contributed by atoms with van der Waals surface area (Å²) in [5.74, 6) is 2.20. The second kappa shape index (κ2) is 5.69. The molecule has 7 heteroatoms.